The summed E-state index contributed by atoms with van der Waals surface area (Å²) in [5, 5.41) is 11.4. The lowest BCUT2D eigenvalue weighted by molar-refractivity contribution is -0.118. The van der Waals surface area contributed by atoms with Gasteiger partial charge in [0.1, 0.15) is 11.4 Å². The fourth-order valence-electron chi connectivity index (χ4n) is 1.46. The van der Waals surface area contributed by atoms with Crippen molar-refractivity contribution < 1.29 is 4.79 Å². The summed E-state index contributed by atoms with van der Waals surface area (Å²) in [5.41, 5.74) is 1.32. The molecule has 19 heavy (non-hydrogen) atoms. The lowest BCUT2D eigenvalue weighted by Crippen LogP contribution is -2.24. The van der Waals surface area contributed by atoms with Crippen molar-refractivity contribution in [2.24, 2.45) is 0 Å². The van der Waals surface area contributed by atoms with E-state index in [0.29, 0.717) is 29.3 Å². The molecule has 8 heteroatoms. The van der Waals surface area contributed by atoms with E-state index in [1.165, 1.54) is 18.1 Å². The number of nitrogens with one attached hydrogen (secondary N) is 1. The Bertz CT molecular complexity index is 596. The molecule has 1 amide bonds. The first kappa shape index (κ1) is 13.5. The van der Waals surface area contributed by atoms with Gasteiger partial charge in [0.25, 0.3) is 0 Å². The van der Waals surface area contributed by atoms with Crippen LogP contribution in [0.1, 0.15) is 6.92 Å². The van der Waals surface area contributed by atoms with Gasteiger partial charge in [0.15, 0.2) is 11.2 Å². The first-order chi connectivity index (χ1) is 9.26. The number of amides is 1. The Hall–Kier alpha value is -1.96. The highest BCUT2D eigenvalue weighted by molar-refractivity contribution is 8.00. The zero-order valence-electron chi connectivity index (χ0n) is 10.5. The van der Waals surface area contributed by atoms with Gasteiger partial charge in [-0.15, -0.1) is 11.7 Å². The van der Waals surface area contributed by atoms with Crippen molar-refractivity contribution in [3.63, 3.8) is 0 Å². The van der Waals surface area contributed by atoms with Crippen molar-refractivity contribution >= 4 is 28.8 Å². The molecule has 2 heterocycles. The molecule has 0 saturated heterocycles. The predicted molar refractivity (Wildman–Crippen MR) is 72.7 cm³/mol. The maximum absolute atomic E-state index is 11.5. The van der Waals surface area contributed by atoms with Gasteiger partial charge in [-0.25, -0.2) is 14.6 Å². The van der Waals surface area contributed by atoms with E-state index in [9.17, 15) is 4.79 Å². The van der Waals surface area contributed by atoms with E-state index in [4.69, 9.17) is 0 Å². The topological polar surface area (TPSA) is 85.6 Å². The number of hydrogen-bond donors (Lipinski definition) is 1. The molecule has 7 nitrogen and oxygen atoms in total. The Labute approximate surface area is 114 Å². The number of aryl methyl sites for hydroxylation is 1. The number of carbonyl (C=O) groups is 1. The molecule has 0 radical (unpaired) electrons. The summed E-state index contributed by atoms with van der Waals surface area (Å²) in [4.78, 5) is 19.8. The Morgan fingerprint density at radius 2 is 2.42 bits per heavy atom. The van der Waals surface area contributed by atoms with E-state index in [1.807, 2.05) is 6.92 Å². The van der Waals surface area contributed by atoms with Crippen LogP contribution < -0.4 is 5.32 Å². The summed E-state index contributed by atoms with van der Waals surface area (Å²) < 4.78 is 1.69. The molecule has 0 aliphatic carbocycles. The van der Waals surface area contributed by atoms with E-state index in [1.54, 1.807) is 10.8 Å². The molecule has 1 N–H and O–H groups in total. The number of carbonyl (C=O) groups excluding carboxylic acids is 1. The number of fused-ring (bicyclic) bond motifs is 1. The normalized spacial score (nSPS) is 10.6. The standard InChI is InChI=1S/C11H14N6OS/c1-3-5-12-8(18)6-19-11-9-10(13-7-14-11)17(4-2)16-15-9/h3,7H,1,4-6H2,2H3,(H,12,18). The number of thioether (sulfide) groups is 1. The average molecular weight is 278 g/mol. The van der Waals surface area contributed by atoms with Crippen LogP contribution in [0.3, 0.4) is 0 Å². The molecule has 0 atom stereocenters. The minimum Gasteiger partial charge on any atom is -0.352 e. The van der Waals surface area contributed by atoms with Crippen LogP contribution in [-0.4, -0.2) is 43.2 Å². The van der Waals surface area contributed by atoms with Gasteiger partial charge >= 0.3 is 0 Å². The van der Waals surface area contributed by atoms with Crippen molar-refractivity contribution in [1.29, 1.82) is 0 Å². The van der Waals surface area contributed by atoms with Gasteiger partial charge in [-0.1, -0.05) is 23.1 Å². The second kappa shape index (κ2) is 6.28. The number of hydrogen-bond acceptors (Lipinski definition) is 6. The first-order valence-electron chi connectivity index (χ1n) is 5.80. The molecule has 2 aromatic rings. The summed E-state index contributed by atoms with van der Waals surface area (Å²) in [6, 6.07) is 0. The Morgan fingerprint density at radius 1 is 1.58 bits per heavy atom. The zero-order chi connectivity index (χ0) is 13.7. The fourth-order valence-corrected chi connectivity index (χ4v) is 2.22. The SMILES string of the molecule is C=CCNC(=O)CSc1ncnc2c1nnn2CC. The molecule has 2 aromatic heterocycles. The van der Waals surface area contributed by atoms with Crippen molar-refractivity contribution in [2.75, 3.05) is 12.3 Å². The van der Waals surface area contributed by atoms with Crippen LogP contribution in [0.15, 0.2) is 24.0 Å². The third-order valence-electron chi connectivity index (χ3n) is 2.35. The second-order valence-corrected chi connectivity index (χ2v) is 4.60. The van der Waals surface area contributed by atoms with Crippen molar-refractivity contribution in [3.05, 3.63) is 19.0 Å². The summed E-state index contributed by atoms with van der Waals surface area (Å²) >= 11 is 1.32. The van der Waals surface area contributed by atoms with E-state index in [2.05, 4.69) is 32.2 Å². The molecule has 0 unspecified atom stereocenters. The molecule has 2 rings (SSSR count). The fraction of sp³-hybridized carbons (Fsp3) is 0.364. The first-order valence-corrected chi connectivity index (χ1v) is 6.79. The van der Waals surface area contributed by atoms with Crippen LogP contribution >= 0.6 is 11.8 Å². The summed E-state index contributed by atoms with van der Waals surface area (Å²) in [7, 11) is 0. The second-order valence-electron chi connectivity index (χ2n) is 3.64. The summed E-state index contributed by atoms with van der Waals surface area (Å²) in [6.07, 6.45) is 3.10. The number of nitrogens with zero attached hydrogens (tertiary/aromatic N) is 5. The largest absolute Gasteiger partial charge is 0.352 e. The summed E-state index contributed by atoms with van der Waals surface area (Å²) in [5.74, 6) is 0.207. The van der Waals surface area contributed by atoms with E-state index in [0.717, 1.165) is 0 Å². The van der Waals surface area contributed by atoms with Gasteiger partial charge < -0.3 is 5.32 Å². The van der Waals surface area contributed by atoms with Crippen LogP contribution in [0.25, 0.3) is 11.2 Å². The molecule has 0 aliphatic heterocycles. The monoisotopic (exact) mass is 278 g/mol. The minimum absolute atomic E-state index is 0.0699. The van der Waals surface area contributed by atoms with Crippen molar-refractivity contribution in [3.8, 4) is 0 Å². The molecule has 100 valence electrons. The van der Waals surface area contributed by atoms with E-state index in [-0.39, 0.29) is 11.7 Å². The highest BCUT2D eigenvalue weighted by atomic mass is 32.2. The molecule has 0 spiro atoms. The van der Waals surface area contributed by atoms with Gasteiger partial charge in [-0.3, -0.25) is 4.79 Å². The zero-order valence-corrected chi connectivity index (χ0v) is 11.4. The third-order valence-corrected chi connectivity index (χ3v) is 3.33. The van der Waals surface area contributed by atoms with E-state index >= 15 is 0 Å². The Morgan fingerprint density at radius 3 is 3.16 bits per heavy atom. The van der Waals surface area contributed by atoms with Crippen LogP contribution in [-0.2, 0) is 11.3 Å². The van der Waals surface area contributed by atoms with Crippen LogP contribution in [0.5, 0.6) is 0 Å². The smallest absolute Gasteiger partial charge is 0.230 e. The highest BCUT2D eigenvalue weighted by Crippen LogP contribution is 2.21. The lowest BCUT2D eigenvalue weighted by Gasteiger charge is -2.02. The Balaban J connectivity index is 2.10. The Kier molecular flexibility index (Phi) is 4.45. The molecular weight excluding hydrogens is 264 g/mol. The van der Waals surface area contributed by atoms with Crippen LogP contribution in [0, 0.1) is 0 Å². The molecule has 0 fully saturated rings. The van der Waals surface area contributed by atoms with Crippen molar-refractivity contribution in [1.82, 2.24) is 30.3 Å². The maximum atomic E-state index is 11.5. The average Bonchev–Trinajstić information content (AvgIpc) is 2.86. The molecular formula is C11H14N6OS. The van der Waals surface area contributed by atoms with Gasteiger partial charge in [-0.2, -0.15) is 0 Å². The van der Waals surface area contributed by atoms with Gasteiger partial charge in [0, 0.05) is 13.1 Å². The van der Waals surface area contributed by atoms with Crippen LogP contribution in [0.4, 0.5) is 0 Å². The van der Waals surface area contributed by atoms with Crippen molar-refractivity contribution in [2.45, 2.75) is 18.5 Å². The molecule has 0 bridgehead atoms. The number of aromatic nitrogens is 5. The molecule has 0 aromatic carbocycles. The molecule has 0 aliphatic rings. The minimum atomic E-state index is -0.0699. The van der Waals surface area contributed by atoms with Gasteiger partial charge in [0.2, 0.25) is 5.91 Å². The maximum Gasteiger partial charge on any atom is 0.230 e. The van der Waals surface area contributed by atoms with Crippen LogP contribution in [0.2, 0.25) is 0 Å². The van der Waals surface area contributed by atoms with Gasteiger partial charge in [0.05, 0.1) is 5.75 Å². The van der Waals surface area contributed by atoms with Gasteiger partial charge in [-0.05, 0) is 6.92 Å². The highest BCUT2D eigenvalue weighted by Gasteiger charge is 2.12. The number of rotatable bonds is 6. The predicted octanol–water partition coefficient (Wildman–Crippen LogP) is 0.635. The van der Waals surface area contributed by atoms with E-state index < -0.39 is 0 Å². The quantitative estimate of drug-likeness (QED) is 0.474. The summed E-state index contributed by atoms with van der Waals surface area (Å²) in [6.45, 7) is 6.66. The lowest BCUT2D eigenvalue weighted by atomic mass is 10.5. The molecule has 0 saturated carbocycles. The third kappa shape index (κ3) is 3.08.